The van der Waals surface area contributed by atoms with Crippen molar-refractivity contribution in [1.82, 2.24) is 19.9 Å². The number of benzene rings is 1. The third-order valence-electron chi connectivity index (χ3n) is 9.37. The number of H-pyrrole nitrogens is 2. The van der Waals surface area contributed by atoms with Gasteiger partial charge >= 0.3 is 0 Å². The first kappa shape index (κ1) is 31.6. The molecule has 0 atom stereocenters. The summed E-state index contributed by atoms with van der Waals surface area (Å²) >= 11 is 0. The number of nitrogens with two attached hydrogens (primary N) is 1. The highest BCUT2D eigenvalue weighted by atomic mass is 14.8. The van der Waals surface area contributed by atoms with E-state index in [9.17, 15) is 0 Å². The molecule has 6 rings (SSSR count). The van der Waals surface area contributed by atoms with Crippen molar-refractivity contribution in [3.63, 3.8) is 0 Å². The van der Waals surface area contributed by atoms with E-state index >= 15 is 0 Å². The van der Waals surface area contributed by atoms with E-state index in [0.29, 0.717) is 0 Å². The standard InChI is InChI=1S/C41H49N5/c1-4-7-10-13-30-33-20-22-35(43-33)31(14-11-8-5-2)37-24-26-39(45-37)41(28-16-18-29(42)19-17-28)40-27-25-38(46-40)32(15-12-9-6-3)36-23-21-34(30)44-36/h16-27,43,46H,4-15,42H2,1-3H3. The molecule has 0 radical (unpaired) electrons. The fraction of sp³-hybridized carbons (Fsp3) is 0.366. The van der Waals surface area contributed by atoms with Crippen LogP contribution in [0.4, 0.5) is 5.69 Å². The maximum absolute atomic E-state index is 6.12. The van der Waals surface area contributed by atoms with Crippen molar-refractivity contribution in [3.05, 3.63) is 88.0 Å². The van der Waals surface area contributed by atoms with Gasteiger partial charge in [0.2, 0.25) is 0 Å². The molecule has 4 N–H and O–H groups in total. The summed E-state index contributed by atoms with van der Waals surface area (Å²) in [5.41, 5.74) is 21.6. The van der Waals surface area contributed by atoms with Crippen LogP contribution in [0, 0.1) is 0 Å². The normalized spacial score (nSPS) is 12.3. The summed E-state index contributed by atoms with van der Waals surface area (Å²) in [6.07, 6.45) is 22.4. The molecule has 0 saturated carbocycles. The third kappa shape index (κ3) is 6.89. The Morgan fingerprint density at radius 2 is 0.870 bits per heavy atom. The quantitative estimate of drug-likeness (QED) is 0.0897. The van der Waals surface area contributed by atoms with Crippen LogP contribution in [0.3, 0.4) is 0 Å². The molecular formula is C41H49N5. The second-order valence-corrected chi connectivity index (χ2v) is 12.8. The maximum Gasteiger partial charge on any atom is 0.0737 e. The van der Waals surface area contributed by atoms with Crippen LogP contribution in [0.5, 0.6) is 0 Å². The van der Waals surface area contributed by atoms with Crippen molar-refractivity contribution in [2.24, 2.45) is 0 Å². The highest BCUT2D eigenvalue weighted by molar-refractivity contribution is 5.92. The van der Waals surface area contributed by atoms with Crippen LogP contribution in [0.15, 0.2) is 48.5 Å². The lowest BCUT2D eigenvalue weighted by molar-refractivity contribution is 0.715. The van der Waals surface area contributed by atoms with Crippen molar-refractivity contribution in [2.45, 2.75) is 97.8 Å². The number of aromatic amines is 2. The van der Waals surface area contributed by atoms with Crippen LogP contribution in [0.1, 0.15) is 118 Å². The molecule has 1 aromatic carbocycles. The van der Waals surface area contributed by atoms with E-state index < -0.39 is 0 Å². The van der Waals surface area contributed by atoms with Gasteiger partial charge in [-0.05, 0) is 105 Å². The van der Waals surface area contributed by atoms with E-state index in [4.69, 9.17) is 15.7 Å². The summed E-state index contributed by atoms with van der Waals surface area (Å²) in [6.45, 7) is 6.80. The average Bonchev–Trinajstić information content (AvgIpc) is 3.89. The Morgan fingerprint density at radius 1 is 0.478 bits per heavy atom. The van der Waals surface area contributed by atoms with E-state index in [2.05, 4.69) is 91.4 Å². The minimum absolute atomic E-state index is 0.755. The van der Waals surface area contributed by atoms with Gasteiger partial charge in [-0.1, -0.05) is 71.4 Å². The number of aryl methyl sites for hydroxylation is 3. The highest BCUT2D eigenvalue weighted by Crippen LogP contribution is 2.33. The molecule has 0 fully saturated rings. The summed E-state index contributed by atoms with van der Waals surface area (Å²) in [5.74, 6) is 0. The number of nitrogens with zero attached hydrogens (tertiary/aromatic N) is 2. The van der Waals surface area contributed by atoms with E-state index in [1.807, 2.05) is 12.1 Å². The lowest BCUT2D eigenvalue weighted by Crippen LogP contribution is -1.95. The first-order valence-electron chi connectivity index (χ1n) is 17.6. The number of anilines is 1. The summed E-state index contributed by atoms with van der Waals surface area (Å²) in [7, 11) is 0. The van der Waals surface area contributed by atoms with Crippen molar-refractivity contribution in [1.29, 1.82) is 0 Å². The Hall–Kier alpha value is -4.38. The van der Waals surface area contributed by atoms with Gasteiger partial charge in [0.15, 0.2) is 0 Å². The maximum atomic E-state index is 6.12. The SMILES string of the molecule is CCCCCc1c2nc(c(CCCCC)c3ccc([nH]3)c(-c3ccc(N)cc3)c3nc(c(CCCCC)c4ccc1[nH]4)C=C3)C=C2. The van der Waals surface area contributed by atoms with Gasteiger partial charge in [-0.3, -0.25) is 0 Å². The molecule has 5 nitrogen and oxygen atoms in total. The number of rotatable bonds is 13. The zero-order valence-electron chi connectivity index (χ0n) is 27.9. The lowest BCUT2D eigenvalue weighted by Gasteiger charge is -2.06. The molecule has 5 heterocycles. The molecule has 0 saturated heterocycles. The van der Waals surface area contributed by atoms with Gasteiger partial charge in [0.05, 0.1) is 22.8 Å². The van der Waals surface area contributed by atoms with E-state index in [0.717, 1.165) is 94.7 Å². The fourth-order valence-electron chi connectivity index (χ4n) is 6.78. The number of hydrogen-bond donors (Lipinski definition) is 3. The van der Waals surface area contributed by atoms with E-state index in [-0.39, 0.29) is 0 Å². The topological polar surface area (TPSA) is 83.4 Å². The number of aromatic nitrogens is 4. The molecule has 0 unspecified atom stereocenters. The summed E-state index contributed by atoms with van der Waals surface area (Å²) < 4.78 is 0. The van der Waals surface area contributed by atoms with Gasteiger partial charge in [-0.25, -0.2) is 9.97 Å². The van der Waals surface area contributed by atoms with Crippen molar-refractivity contribution in [3.8, 4) is 11.1 Å². The largest absolute Gasteiger partial charge is 0.399 e. The number of nitrogen functional groups attached to an aromatic ring is 1. The second-order valence-electron chi connectivity index (χ2n) is 12.8. The second kappa shape index (κ2) is 14.8. The Kier molecular flexibility index (Phi) is 10.2. The predicted molar refractivity (Wildman–Crippen MR) is 198 cm³/mol. The molecule has 46 heavy (non-hydrogen) atoms. The first-order chi connectivity index (χ1) is 22.6. The van der Waals surface area contributed by atoms with Crippen LogP contribution in [-0.4, -0.2) is 19.9 Å². The molecular weight excluding hydrogens is 562 g/mol. The Bertz CT molecular complexity index is 1880. The minimum atomic E-state index is 0.755. The molecule has 2 aliphatic heterocycles. The molecule has 0 spiro atoms. The fourth-order valence-corrected chi connectivity index (χ4v) is 6.78. The molecule has 0 amide bonds. The lowest BCUT2D eigenvalue weighted by atomic mass is 10.0. The van der Waals surface area contributed by atoms with E-state index in [1.54, 1.807) is 0 Å². The van der Waals surface area contributed by atoms with Gasteiger partial charge in [-0.2, -0.15) is 0 Å². The van der Waals surface area contributed by atoms with Crippen LogP contribution in [0.25, 0.3) is 57.5 Å². The number of nitrogens with one attached hydrogen (secondary N) is 2. The molecule has 2 aliphatic rings. The van der Waals surface area contributed by atoms with Gasteiger partial charge in [0.1, 0.15) is 0 Å². The highest BCUT2D eigenvalue weighted by Gasteiger charge is 2.17. The van der Waals surface area contributed by atoms with Gasteiger partial charge in [0, 0.05) is 50.0 Å². The summed E-state index contributed by atoms with van der Waals surface area (Å²) in [5, 5.41) is 0. The van der Waals surface area contributed by atoms with Crippen LogP contribution in [-0.2, 0) is 19.3 Å². The summed E-state index contributed by atoms with van der Waals surface area (Å²) in [4.78, 5) is 18.4. The van der Waals surface area contributed by atoms with Gasteiger partial charge in [-0.15, -0.1) is 0 Å². The molecule has 5 heteroatoms. The molecule has 238 valence electrons. The van der Waals surface area contributed by atoms with Crippen LogP contribution < -0.4 is 5.73 Å². The van der Waals surface area contributed by atoms with Crippen molar-refractivity contribution in [2.75, 3.05) is 5.73 Å². The smallest absolute Gasteiger partial charge is 0.0737 e. The van der Waals surface area contributed by atoms with Crippen molar-refractivity contribution < 1.29 is 0 Å². The Balaban J connectivity index is 1.69. The number of unbranched alkanes of at least 4 members (excludes halogenated alkanes) is 6. The average molecular weight is 612 g/mol. The Morgan fingerprint density at radius 3 is 1.33 bits per heavy atom. The zero-order valence-corrected chi connectivity index (χ0v) is 27.9. The van der Waals surface area contributed by atoms with Gasteiger partial charge in [0.25, 0.3) is 0 Å². The third-order valence-corrected chi connectivity index (χ3v) is 9.37. The van der Waals surface area contributed by atoms with E-state index in [1.165, 1.54) is 60.7 Å². The molecule has 4 aromatic rings. The monoisotopic (exact) mass is 611 g/mol. The number of hydrogen-bond acceptors (Lipinski definition) is 3. The minimum Gasteiger partial charge on any atom is -0.399 e. The summed E-state index contributed by atoms with van der Waals surface area (Å²) in [6, 6.07) is 17.1. The molecule has 3 aromatic heterocycles. The zero-order chi connectivity index (χ0) is 31.9. The number of fused-ring (bicyclic) bond motifs is 8. The molecule has 8 bridgehead atoms. The van der Waals surface area contributed by atoms with Crippen molar-refractivity contribution >= 4 is 52.1 Å². The first-order valence-corrected chi connectivity index (χ1v) is 17.6. The van der Waals surface area contributed by atoms with Crippen LogP contribution in [0.2, 0.25) is 0 Å². The molecule has 0 aliphatic carbocycles. The van der Waals surface area contributed by atoms with Gasteiger partial charge < -0.3 is 15.7 Å². The van der Waals surface area contributed by atoms with Crippen LogP contribution >= 0.6 is 0 Å². The Labute approximate surface area is 274 Å². The predicted octanol–water partition coefficient (Wildman–Crippen LogP) is 11.1.